The van der Waals surface area contributed by atoms with Crippen molar-refractivity contribution in [2.45, 2.75) is 6.92 Å². The van der Waals surface area contributed by atoms with Gasteiger partial charge in [-0.25, -0.2) is 4.79 Å². The number of rotatable bonds is 2. The fourth-order valence-electron chi connectivity index (χ4n) is 3.57. The first kappa shape index (κ1) is 17.5. The van der Waals surface area contributed by atoms with Gasteiger partial charge in [0.25, 0.3) is 5.91 Å². The standard InChI is InChI=1S/C22H16BrNO3/c1-13-20(22(26)27-2)17-7-3-4-12-19(17)24(13)21(25)16-10-5-9-15-14(16)8-6-11-18(15)23/h3-12H,1-2H3. The summed E-state index contributed by atoms with van der Waals surface area (Å²) in [6, 6.07) is 18.8. The summed E-state index contributed by atoms with van der Waals surface area (Å²) in [5.74, 6) is -0.626. The van der Waals surface area contributed by atoms with Gasteiger partial charge in [0.2, 0.25) is 0 Å². The second kappa shape index (κ2) is 6.67. The summed E-state index contributed by atoms with van der Waals surface area (Å²) < 4.78 is 7.46. The summed E-state index contributed by atoms with van der Waals surface area (Å²) in [7, 11) is 1.35. The van der Waals surface area contributed by atoms with E-state index in [1.807, 2.05) is 60.7 Å². The molecule has 0 amide bonds. The van der Waals surface area contributed by atoms with Crippen molar-refractivity contribution in [2.75, 3.05) is 7.11 Å². The van der Waals surface area contributed by atoms with E-state index in [2.05, 4.69) is 15.9 Å². The highest BCUT2D eigenvalue weighted by atomic mass is 79.9. The van der Waals surface area contributed by atoms with Crippen LogP contribution in [-0.2, 0) is 4.74 Å². The average molecular weight is 422 g/mol. The van der Waals surface area contributed by atoms with Crippen LogP contribution in [0.2, 0.25) is 0 Å². The van der Waals surface area contributed by atoms with Crippen LogP contribution in [0, 0.1) is 6.92 Å². The van der Waals surface area contributed by atoms with Crippen LogP contribution in [0.15, 0.2) is 65.1 Å². The molecule has 0 spiro atoms. The molecule has 0 radical (unpaired) electrons. The molecule has 0 atom stereocenters. The number of halogens is 1. The van der Waals surface area contributed by atoms with Crippen molar-refractivity contribution >= 4 is 49.5 Å². The van der Waals surface area contributed by atoms with Gasteiger partial charge in [0, 0.05) is 21.1 Å². The molecular weight excluding hydrogens is 406 g/mol. The Kier molecular flexibility index (Phi) is 4.32. The predicted molar refractivity (Wildman–Crippen MR) is 109 cm³/mol. The number of aromatic nitrogens is 1. The van der Waals surface area contributed by atoms with Crippen molar-refractivity contribution in [1.29, 1.82) is 0 Å². The van der Waals surface area contributed by atoms with E-state index in [1.165, 1.54) is 7.11 Å². The number of carbonyl (C=O) groups excluding carboxylic acids is 2. The second-order valence-corrected chi connectivity index (χ2v) is 7.10. The number of methoxy groups -OCH3 is 1. The minimum Gasteiger partial charge on any atom is -0.465 e. The Balaban J connectivity index is 2.02. The highest BCUT2D eigenvalue weighted by Crippen LogP contribution is 2.30. The summed E-state index contributed by atoms with van der Waals surface area (Å²) in [4.78, 5) is 25.9. The maximum atomic E-state index is 13.5. The molecule has 4 aromatic rings. The molecule has 0 aliphatic rings. The monoisotopic (exact) mass is 421 g/mol. The fourth-order valence-corrected chi connectivity index (χ4v) is 4.07. The minimum atomic E-state index is -0.448. The molecule has 0 fully saturated rings. The summed E-state index contributed by atoms with van der Waals surface area (Å²) in [6.07, 6.45) is 0. The zero-order valence-electron chi connectivity index (χ0n) is 14.8. The largest absolute Gasteiger partial charge is 0.465 e. The van der Waals surface area contributed by atoms with Gasteiger partial charge in [0.05, 0.1) is 18.2 Å². The van der Waals surface area contributed by atoms with Crippen LogP contribution in [0.1, 0.15) is 26.4 Å². The van der Waals surface area contributed by atoms with Crippen molar-refractivity contribution in [1.82, 2.24) is 4.57 Å². The Bertz CT molecular complexity index is 1220. The molecule has 0 aliphatic carbocycles. The number of ether oxygens (including phenoxy) is 1. The maximum Gasteiger partial charge on any atom is 0.340 e. The van der Waals surface area contributed by atoms with Gasteiger partial charge in [-0.1, -0.05) is 58.4 Å². The lowest BCUT2D eigenvalue weighted by atomic mass is 10.0. The Labute approximate surface area is 164 Å². The van der Waals surface area contributed by atoms with Gasteiger partial charge < -0.3 is 4.74 Å². The number of esters is 1. The number of fused-ring (bicyclic) bond motifs is 2. The van der Waals surface area contributed by atoms with Crippen LogP contribution < -0.4 is 0 Å². The van der Waals surface area contributed by atoms with E-state index in [-0.39, 0.29) is 5.91 Å². The Morgan fingerprint density at radius 3 is 2.33 bits per heavy atom. The molecule has 0 unspecified atom stereocenters. The first-order chi connectivity index (χ1) is 13.0. The zero-order chi connectivity index (χ0) is 19.1. The normalized spacial score (nSPS) is 11.1. The van der Waals surface area contributed by atoms with E-state index in [0.717, 1.165) is 15.2 Å². The fraction of sp³-hybridized carbons (Fsp3) is 0.0909. The molecule has 0 saturated carbocycles. The molecule has 4 rings (SSSR count). The van der Waals surface area contributed by atoms with Gasteiger partial charge >= 0.3 is 5.97 Å². The SMILES string of the molecule is COC(=O)c1c(C)n(C(=O)c2cccc3c(Br)cccc23)c2ccccc12. The topological polar surface area (TPSA) is 48.3 Å². The first-order valence-electron chi connectivity index (χ1n) is 8.45. The summed E-state index contributed by atoms with van der Waals surface area (Å²) in [6.45, 7) is 1.77. The van der Waals surface area contributed by atoms with Crippen molar-refractivity contribution in [2.24, 2.45) is 0 Å². The van der Waals surface area contributed by atoms with Crippen LogP contribution in [-0.4, -0.2) is 23.6 Å². The smallest absolute Gasteiger partial charge is 0.340 e. The van der Waals surface area contributed by atoms with Crippen molar-refractivity contribution in [3.63, 3.8) is 0 Å². The minimum absolute atomic E-state index is 0.178. The molecule has 0 bridgehead atoms. The lowest BCUT2D eigenvalue weighted by molar-refractivity contribution is 0.0602. The third-order valence-electron chi connectivity index (χ3n) is 4.80. The first-order valence-corrected chi connectivity index (χ1v) is 9.24. The highest BCUT2D eigenvalue weighted by molar-refractivity contribution is 9.10. The van der Waals surface area contributed by atoms with Gasteiger partial charge in [0.15, 0.2) is 0 Å². The summed E-state index contributed by atoms with van der Waals surface area (Å²) >= 11 is 3.54. The van der Waals surface area contributed by atoms with Crippen LogP contribution in [0.5, 0.6) is 0 Å². The van der Waals surface area contributed by atoms with Crippen LogP contribution >= 0.6 is 15.9 Å². The molecule has 4 nitrogen and oxygen atoms in total. The quantitative estimate of drug-likeness (QED) is 0.410. The van der Waals surface area contributed by atoms with Crippen molar-refractivity contribution in [3.05, 3.63) is 82.0 Å². The predicted octanol–water partition coefficient (Wildman–Crippen LogP) is 5.34. The Morgan fingerprint density at radius 1 is 0.889 bits per heavy atom. The van der Waals surface area contributed by atoms with E-state index < -0.39 is 5.97 Å². The number of carbonyl (C=O) groups is 2. The number of benzene rings is 3. The highest BCUT2D eigenvalue weighted by Gasteiger charge is 2.24. The number of hydrogen-bond donors (Lipinski definition) is 0. The molecule has 0 aliphatic heterocycles. The molecule has 27 heavy (non-hydrogen) atoms. The van der Waals surface area contributed by atoms with Gasteiger partial charge in [-0.2, -0.15) is 0 Å². The van der Waals surface area contributed by atoms with Crippen LogP contribution in [0.25, 0.3) is 21.7 Å². The maximum absolute atomic E-state index is 13.5. The average Bonchev–Trinajstić information content (AvgIpc) is 2.98. The third-order valence-corrected chi connectivity index (χ3v) is 5.49. The molecule has 3 aromatic carbocycles. The van der Waals surface area contributed by atoms with Gasteiger partial charge in [-0.3, -0.25) is 9.36 Å². The second-order valence-electron chi connectivity index (χ2n) is 6.25. The molecule has 1 heterocycles. The van der Waals surface area contributed by atoms with Crippen molar-refractivity contribution < 1.29 is 14.3 Å². The zero-order valence-corrected chi connectivity index (χ0v) is 16.4. The van der Waals surface area contributed by atoms with E-state index in [9.17, 15) is 9.59 Å². The van der Waals surface area contributed by atoms with Gasteiger partial charge in [0.1, 0.15) is 0 Å². The van der Waals surface area contributed by atoms with Crippen molar-refractivity contribution in [3.8, 4) is 0 Å². The summed E-state index contributed by atoms with van der Waals surface area (Å²) in [5, 5.41) is 2.52. The molecule has 134 valence electrons. The molecular formula is C22H16BrNO3. The van der Waals surface area contributed by atoms with E-state index >= 15 is 0 Å². The third kappa shape index (κ3) is 2.66. The van der Waals surface area contributed by atoms with E-state index in [4.69, 9.17) is 4.74 Å². The van der Waals surface area contributed by atoms with Gasteiger partial charge in [-0.05, 0) is 35.9 Å². The summed E-state index contributed by atoms with van der Waals surface area (Å²) in [5.41, 5.74) is 2.25. The lowest BCUT2D eigenvalue weighted by Crippen LogP contribution is -2.15. The van der Waals surface area contributed by atoms with Gasteiger partial charge in [-0.15, -0.1) is 0 Å². The number of para-hydroxylation sites is 1. The van der Waals surface area contributed by atoms with E-state index in [0.29, 0.717) is 27.7 Å². The lowest BCUT2D eigenvalue weighted by Gasteiger charge is -2.11. The van der Waals surface area contributed by atoms with E-state index in [1.54, 1.807) is 11.5 Å². The number of hydrogen-bond acceptors (Lipinski definition) is 3. The molecule has 0 N–H and O–H groups in total. The number of nitrogens with zero attached hydrogens (tertiary/aromatic N) is 1. The molecule has 0 saturated heterocycles. The van der Waals surface area contributed by atoms with Crippen LogP contribution in [0.3, 0.4) is 0 Å². The molecule has 5 heteroatoms. The Hall–Kier alpha value is -2.92. The van der Waals surface area contributed by atoms with Crippen LogP contribution in [0.4, 0.5) is 0 Å². The molecule has 1 aromatic heterocycles. The Morgan fingerprint density at radius 2 is 1.56 bits per heavy atom.